The van der Waals surface area contributed by atoms with Crippen molar-refractivity contribution >= 4 is 27.7 Å². The summed E-state index contributed by atoms with van der Waals surface area (Å²) in [6, 6.07) is 0.897. The monoisotopic (exact) mass is 339 g/mol. The van der Waals surface area contributed by atoms with Gasteiger partial charge in [0.1, 0.15) is 6.10 Å². The van der Waals surface area contributed by atoms with Crippen molar-refractivity contribution in [1.29, 1.82) is 0 Å². The van der Waals surface area contributed by atoms with Crippen LogP contribution in [-0.4, -0.2) is 40.0 Å². The Labute approximate surface area is 113 Å². The van der Waals surface area contributed by atoms with Crippen molar-refractivity contribution in [3.05, 3.63) is 32.4 Å². The molecule has 0 aromatic carbocycles. The van der Waals surface area contributed by atoms with E-state index in [9.17, 15) is 23.7 Å². The van der Waals surface area contributed by atoms with Gasteiger partial charge in [-0.3, -0.25) is 4.79 Å². The number of nitro groups is 1. The van der Waals surface area contributed by atoms with E-state index in [1.54, 1.807) is 0 Å². The van der Waals surface area contributed by atoms with E-state index in [0.29, 0.717) is 0 Å². The molecule has 0 radical (unpaired) electrons. The molecule has 0 bridgehead atoms. The van der Waals surface area contributed by atoms with Gasteiger partial charge >= 0.3 is 5.82 Å². The molecule has 0 aliphatic carbocycles. The van der Waals surface area contributed by atoms with Crippen LogP contribution in [-0.2, 0) is 0 Å². The number of aromatic nitrogens is 1. The topological polar surface area (TPSA) is 105 Å². The van der Waals surface area contributed by atoms with Gasteiger partial charge in [0.15, 0.2) is 6.20 Å². The van der Waals surface area contributed by atoms with E-state index in [2.05, 4.69) is 20.9 Å². The molecule has 0 saturated heterocycles. The molecule has 2 N–H and O–H groups in total. The van der Waals surface area contributed by atoms with Crippen molar-refractivity contribution in [2.45, 2.75) is 12.5 Å². The third-order valence-electron chi connectivity index (χ3n) is 2.04. The minimum Gasteiger partial charge on any atom is -0.385 e. The van der Waals surface area contributed by atoms with Crippen LogP contribution >= 0.6 is 15.9 Å². The Hall–Kier alpha value is -1.68. The Morgan fingerprint density at radius 3 is 2.79 bits per heavy atom. The number of pyridine rings is 1. The molecule has 0 saturated carbocycles. The highest BCUT2D eigenvalue weighted by atomic mass is 79.9. The zero-order valence-corrected chi connectivity index (χ0v) is 10.8. The van der Waals surface area contributed by atoms with Crippen LogP contribution in [0, 0.1) is 10.1 Å². The number of rotatable bonds is 5. The third kappa shape index (κ3) is 4.17. The van der Waals surface area contributed by atoms with Crippen LogP contribution in [0.5, 0.6) is 0 Å². The molecule has 10 heteroatoms. The average molecular weight is 340 g/mol. The summed E-state index contributed by atoms with van der Waals surface area (Å²) in [5.74, 6) is -1.39. The molecule has 1 rings (SSSR count). The number of hydrogen-bond donors (Lipinski definition) is 2. The molecule has 1 heterocycles. The Morgan fingerprint density at radius 2 is 2.26 bits per heavy atom. The first-order valence-corrected chi connectivity index (χ1v) is 5.66. The summed E-state index contributed by atoms with van der Waals surface area (Å²) in [4.78, 5) is 24.8. The van der Waals surface area contributed by atoms with Gasteiger partial charge in [-0.15, -0.1) is 0 Å². The third-order valence-corrected chi connectivity index (χ3v) is 2.67. The number of nitrogens with one attached hydrogen (secondary N) is 1. The van der Waals surface area contributed by atoms with Gasteiger partial charge in [-0.1, -0.05) is 0 Å². The molecular weight excluding hydrogens is 332 g/mol. The zero-order chi connectivity index (χ0) is 14.6. The molecule has 1 aromatic heterocycles. The Balaban J connectivity index is 2.82. The molecule has 0 aliphatic rings. The van der Waals surface area contributed by atoms with Crippen LogP contribution in [0.25, 0.3) is 0 Å². The molecule has 7 nitrogen and oxygen atoms in total. The fourth-order valence-electron chi connectivity index (χ4n) is 1.08. The van der Waals surface area contributed by atoms with Crippen molar-refractivity contribution in [2.75, 3.05) is 6.54 Å². The zero-order valence-electron chi connectivity index (χ0n) is 9.22. The molecule has 1 atom stereocenters. The molecule has 0 fully saturated rings. The van der Waals surface area contributed by atoms with E-state index in [4.69, 9.17) is 5.11 Å². The van der Waals surface area contributed by atoms with E-state index < -0.39 is 35.7 Å². The molecule has 19 heavy (non-hydrogen) atoms. The largest absolute Gasteiger partial charge is 0.385 e. The lowest BCUT2D eigenvalue weighted by molar-refractivity contribution is -0.389. The standard InChI is InChI=1S/C9H8BrF2N3O4/c10-5-2-13-7(15(18)19)1-4(5)9(17)14-3-6(16)8(11)12/h1-2,6,8,16H,3H2,(H,14,17). The minimum absolute atomic E-state index is 0.136. The van der Waals surface area contributed by atoms with Gasteiger partial charge in [-0.2, -0.15) is 0 Å². The van der Waals surface area contributed by atoms with E-state index in [0.717, 1.165) is 12.3 Å². The summed E-state index contributed by atoms with van der Waals surface area (Å²) >= 11 is 2.96. The van der Waals surface area contributed by atoms with Crippen molar-refractivity contribution < 1.29 is 23.6 Å². The predicted octanol–water partition coefficient (Wildman–Crippen LogP) is 1.11. The Morgan fingerprint density at radius 1 is 1.63 bits per heavy atom. The van der Waals surface area contributed by atoms with Gasteiger partial charge in [0, 0.05) is 12.6 Å². The number of nitrogens with zero attached hydrogens (tertiary/aromatic N) is 2. The first-order chi connectivity index (χ1) is 8.82. The summed E-state index contributed by atoms with van der Waals surface area (Å²) in [6.07, 6.45) is -3.94. The lowest BCUT2D eigenvalue weighted by atomic mass is 10.2. The van der Waals surface area contributed by atoms with E-state index in [1.807, 2.05) is 5.32 Å². The average Bonchev–Trinajstić information content (AvgIpc) is 2.35. The molecule has 1 unspecified atom stereocenters. The van der Waals surface area contributed by atoms with Crippen LogP contribution in [0.4, 0.5) is 14.6 Å². The maximum Gasteiger partial charge on any atom is 0.364 e. The summed E-state index contributed by atoms with van der Waals surface area (Å²) in [6.45, 7) is -0.668. The van der Waals surface area contributed by atoms with Crippen molar-refractivity contribution in [2.24, 2.45) is 0 Å². The van der Waals surface area contributed by atoms with Gasteiger partial charge in [0.2, 0.25) is 0 Å². The molecule has 0 spiro atoms. The lowest BCUT2D eigenvalue weighted by Gasteiger charge is -2.10. The molecule has 104 valence electrons. The molecule has 1 aromatic rings. The van der Waals surface area contributed by atoms with Crippen LogP contribution in [0.1, 0.15) is 10.4 Å². The lowest BCUT2D eigenvalue weighted by Crippen LogP contribution is -2.36. The summed E-state index contributed by atoms with van der Waals surface area (Å²) in [7, 11) is 0. The first kappa shape index (κ1) is 15.4. The number of alkyl halides is 2. The van der Waals surface area contributed by atoms with Gasteiger partial charge < -0.3 is 20.5 Å². The fraction of sp³-hybridized carbons (Fsp3) is 0.333. The van der Waals surface area contributed by atoms with Crippen LogP contribution in [0.15, 0.2) is 16.7 Å². The van der Waals surface area contributed by atoms with E-state index in [1.165, 1.54) is 0 Å². The van der Waals surface area contributed by atoms with Gasteiger partial charge in [0.25, 0.3) is 12.3 Å². The molecule has 0 aliphatic heterocycles. The van der Waals surface area contributed by atoms with Crippen LogP contribution < -0.4 is 5.32 Å². The van der Waals surface area contributed by atoms with Crippen molar-refractivity contribution in [3.63, 3.8) is 0 Å². The number of amides is 1. The minimum atomic E-state index is -2.99. The number of aliphatic hydroxyl groups excluding tert-OH is 1. The fourth-order valence-corrected chi connectivity index (χ4v) is 1.48. The highest BCUT2D eigenvalue weighted by molar-refractivity contribution is 9.10. The normalized spacial score (nSPS) is 12.3. The Bertz CT molecular complexity index is 500. The second-order valence-corrected chi connectivity index (χ2v) is 4.25. The van der Waals surface area contributed by atoms with Gasteiger partial charge in [-0.25, -0.2) is 8.78 Å². The number of carbonyl (C=O) groups excluding carboxylic acids is 1. The maximum absolute atomic E-state index is 12.0. The van der Waals surface area contributed by atoms with Gasteiger partial charge in [-0.05, 0) is 25.8 Å². The second kappa shape index (κ2) is 6.48. The first-order valence-electron chi connectivity index (χ1n) is 4.87. The van der Waals surface area contributed by atoms with Gasteiger partial charge in [0.05, 0.1) is 10.0 Å². The van der Waals surface area contributed by atoms with Crippen molar-refractivity contribution in [3.8, 4) is 0 Å². The van der Waals surface area contributed by atoms with E-state index >= 15 is 0 Å². The number of carbonyl (C=O) groups is 1. The second-order valence-electron chi connectivity index (χ2n) is 3.39. The van der Waals surface area contributed by atoms with Crippen LogP contribution in [0.2, 0.25) is 0 Å². The number of halogens is 3. The Kier molecular flexibility index (Phi) is 5.24. The number of aliphatic hydroxyl groups is 1. The quantitative estimate of drug-likeness (QED) is 0.617. The van der Waals surface area contributed by atoms with Crippen molar-refractivity contribution in [1.82, 2.24) is 10.3 Å². The summed E-state index contributed by atoms with van der Waals surface area (Å²) in [5.41, 5.74) is -0.136. The molecular formula is C9H8BrF2N3O4. The van der Waals surface area contributed by atoms with Crippen LogP contribution in [0.3, 0.4) is 0 Å². The maximum atomic E-state index is 12.0. The SMILES string of the molecule is O=C(NCC(O)C(F)F)c1cc([N+](=O)[O-])ncc1Br. The predicted molar refractivity (Wildman–Crippen MR) is 62.9 cm³/mol. The highest BCUT2D eigenvalue weighted by Gasteiger charge is 2.21. The highest BCUT2D eigenvalue weighted by Crippen LogP contribution is 2.19. The molecule has 1 amide bonds. The summed E-state index contributed by atoms with van der Waals surface area (Å²) in [5, 5.41) is 21.4. The number of hydrogen-bond acceptors (Lipinski definition) is 5. The summed E-state index contributed by atoms with van der Waals surface area (Å²) < 4.78 is 24.2. The van der Waals surface area contributed by atoms with E-state index in [-0.39, 0.29) is 10.0 Å². The smallest absolute Gasteiger partial charge is 0.364 e.